The molecule has 1 aliphatic rings. The Labute approximate surface area is 184 Å². The number of nitrogens with zero attached hydrogens (tertiary/aromatic N) is 1. The maximum atomic E-state index is 13.4. The summed E-state index contributed by atoms with van der Waals surface area (Å²) < 4.78 is 10.7. The van der Waals surface area contributed by atoms with E-state index in [4.69, 9.17) is 9.15 Å². The summed E-state index contributed by atoms with van der Waals surface area (Å²) in [5, 5.41) is 3.92. The Kier molecular flexibility index (Phi) is 5.25. The summed E-state index contributed by atoms with van der Waals surface area (Å²) in [6, 6.07) is 14.8. The Morgan fingerprint density at radius 3 is 2.66 bits per heavy atom. The molecule has 0 aliphatic carbocycles. The highest BCUT2D eigenvalue weighted by Gasteiger charge is 2.20. The number of carbonyl (C=O) groups excluding carboxylic acids is 1. The molecule has 0 radical (unpaired) electrons. The molecule has 7 nitrogen and oxygen atoms in total. The van der Waals surface area contributed by atoms with Gasteiger partial charge in [-0.1, -0.05) is 6.07 Å². The van der Waals surface area contributed by atoms with Gasteiger partial charge in [0.05, 0.1) is 31.3 Å². The largest absolute Gasteiger partial charge is 0.472 e. The highest BCUT2D eigenvalue weighted by Crippen LogP contribution is 2.30. The Hall–Kier alpha value is -3.84. The highest BCUT2D eigenvalue weighted by molar-refractivity contribution is 6.09. The van der Waals surface area contributed by atoms with Gasteiger partial charge in [0.2, 0.25) is 5.56 Å². The van der Waals surface area contributed by atoms with E-state index in [1.54, 1.807) is 24.7 Å². The fraction of sp³-hybridized carbons (Fsp3) is 0.200. The first-order valence-corrected chi connectivity index (χ1v) is 10.5. The second-order valence-electron chi connectivity index (χ2n) is 7.87. The molecule has 0 atom stereocenters. The topological polar surface area (TPSA) is 87.6 Å². The molecular weight excluding hydrogens is 406 g/mol. The van der Waals surface area contributed by atoms with Crippen molar-refractivity contribution < 1.29 is 13.9 Å². The second kappa shape index (κ2) is 8.36. The standard InChI is InChI=1S/C25H23N3O4/c1-16-12-24(29)27-22-4-3-19(14-20(16)22)26-25(30)21-13-17(18-6-9-32-15-18)2-5-23(21)28-7-10-31-11-8-28/h2-6,9,12-15H,7-8,10-11H2,1H3,(H,26,30)(H,27,29). The number of aromatic nitrogens is 1. The van der Waals surface area contributed by atoms with Crippen molar-refractivity contribution >= 4 is 28.2 Å². The molecule has 4 aromatic rings. The summed E-state index contributed by atoms with van der Waals surface area (Å²) in [5.41, 5.74) is 5.41. The average Bonchev–Trinajstić information content (AvgIpc) is 3.35. The van der Waals surface area contributed by atoms with E-state index in [1.807, 2.05) is 43.3 Å². The number of rotatable bonds is 4. The Morgan fingerprint density at radius 2 is 1.88 bits per heavy atom. The third-order valence-electron chi connectivity index (χ3n) is 5.76. The predicted octanol–water partition coefficient (Wildman–Crippen LogP) is 4.19. The van der Waals surface area contributed by atoms with Crippen LogP contribution in [-0.4, -0.2) is 37.2 Å². The summed E-state index contributed by atoms with van der Waals surface area (Å²) in [6.45, 7) is 4.61. The molecule has 162 valence electrons. The molecule has 1 aliphatic heterocycles. The van der Waals surface area contributed by atoms with Gasteiger partial charge in [-0.25, -0.2) is 0 Å². The number of amides is 1. The third kappa shape index (κ3) is 3.90. The molecule has 32 heavy (non-hydrogen) atoms. The lowest BCUT2D eigenvalue weighted by atomic mass is 10.0. The Balaban J connectivity index is 1.51. The van der Waals surface area contributed by atoms with Crippen LogP contribution >= 0.6 is 0 Å². The van der Waals surface area contributed by atoms with Crippen molar-refractivity contribution in [1.29, 1.82) is 0 Å². The fourth-order valence-electron chi connectivity index (χ4n) is 4.11. The first kappa shape index (κ1) is 20.1. The van der Waals surface area contributed by atoms with Crippen molar-refractivity contribution in [2.75, 3.05) is 36.5 Å². The molecule has 1 saturated heterocycles. The molecule has 0 spiro atoms. The second-order valence-corrected chi connectivity index (χ2v) is 7.87. The number of H-pyrrole nitrogens is 1. The van der Waals surface area contributed by atoms with E-state index in [1.165, 1.54) is 0 Å². The monoisotopic (exact) mass is 429 g/mol. The van der Waals surface area contributed by atoms with Gasteiger partial charge >= 0.3 is 0 Å². The SMILES string of the molecule is Cc1cc(=O)[nH]c2ccc(NC(=O)c3cc(-c4ccoc4)ccc3N3CCOCC3)cc12. The maximum absolute atomic E-state index is 13.4. The number of morpholine rings is 1. The first-order valence-electron chi connectivity index (χ1n) is 10.5. The molecule has 1 fully saturated rings. The minimum Gasteiger partial charge on any atom is -0.472 e. The minimum atomic E-state index is -0.196. The molecule has 2 N–H and O–H groups in total. The number of furan rings is 1. The molecule has 0 saturated carbocycles. The summed E-state index contributed by atoms with van der Waals surface area (Å²) in [6.07, 6.45) is 3.28. The van der Waals surface area contributed by atoms with Gasteiger partial charge in [-0.3, -0.25) is 9.59 Å². The molecule has 1 amide bonds. The number of nitrogens with one attached hydrogen (secondary N) is 2. The van der Waals surface area contributed by atoms with Crippen LogP contribution in [0, 0.1) is 6.92 Å². The highest BCUT2D eigenvalue weighted by atomic mass is 16.5. The van der Waals surface area contributed by atoms with Gasteiger partial charge in [0, 0.05) is 47.0 Å². The van der Waals surface area contributed by atoms with E-state index in [0.717, 1.165) is 46.4 Å². The Bertz CT molecular complexity index is 1340. The number of fused-ring (bicyclic) bond motifs is 1. The van der Waals surface area contributed by atoms with Crippen LogP contribution in [0.15, 0.2) is 70.3 Å². The van der Waals surface area contributed by atoms with E-state index in [-0.39, 0.29) is 11.5 Å². The average molecular weight is 429 g/mol. The summed E-state index contributed by atoms with van der Waals surface area (Å²) in [5.74, 6) is -0.196. The molecule has 0 bridgehead atoms. The number of hydrogen-bond donors (Lipinski definition) is 2. The van der Waals surface area contributed by atoms with E-state index >= 15 is 0 Å². The van der Waals surface area contributed by atoms with E-state index in [0.29, 0.717) is 24.5 Å². The normalized spacial score (nSPS) is 14.0. The summed E-state index contributed by atoms with van der Waals surface area (Å²) in [4.78, 5) is 30.1. The van der Waals surface area contributed by atoms with Crippen LogP contribution in [0.5, 0.6) is 0 Å². The number of hydrogen-bond acceptors (Lipinski definition) is 5. The quantitative estimate of drug-likeness (QED) is 0.508. The fourth-order valence-corrected chi connectivity index (χ4v) is 4.11. The van der Waals surface area contributed by atoms with Gasteiger partial charge in [-0.05, 0) is 54.4 Å². The van der Waals surface area contributed by atoms with Gasteiger partial charge in [-0.15, -0.1) is 0 Å². The maximum Gasteiger partial charge on any atom is 0.257 e. The smallest absolute Gasteiger partial charge is 0.257 e. The van der Waals surface area contributed by atoms with Gasteiger partial charge in [0.25, 0.3) is 5.91 Å². The number of aromatic amines is 1. The number of ether oxygens (including phenoxy) is 1. The van der Waals surface area contributed by atoms with Crippen LogP contribution in [0.25, 0.3) is 22.0 Å². The van der Waals surface area contributed by atoms with Crippen molar-refractivity contribution in [2.24, 2.45) is 0 Å². The van der Waals surface area contributed by atoms with Gasteiger partial charge in [0.15, 0.2) is 0 Å². The Morgan fingerprint density at radius 1 is 1.03 bits per heavy atom. The molecule has 0 unspecified atom stereocenters. The lowest BCUT2D eigenvalue weighted by Gasteiger charge is -2.30. The van der Waals surface area contributed by atoms with Crippen molar-refractivity contribution in [1.82, 2.24) is 4.98 Å². The lowest BCUT2D eigenvalue weighted by molar-refractivity contribution is 0.102. The molecule has 7 heteroatoms. The molecule has 2 aromatic heterocycles. The summed E-state index contributed by atoms with van der Waals surface area (Å²) >= 11 is 0. The van der Waals surface area contributed by atoms with Crippen molar-refractivity contribution in [3.8, 4) is 11.1 Å². The molecule has 5 rings (SSSR count). The lowest BCUT2D eigenvalue weighted by Crippen LogP contribution is -2.37. The number of anilines is 2. The molecule has 3 heterocycles. The minimum absolute atomic E-state index is 0.141. The number of pyridine rings is 1. The van der Waals surface area contributed by atoms with Crippen molar-refractivity contribution in [3.05, 3.63) is 82.5 Å². The zero-order chi connectivity index (χ0) is 22.1. The molecular formula is C25H23N3O4. The van der Waals surface area contributed by atoms with E-state index < -0.39 is 0 Å². The van der Waals surface area contributed by atoms with Crippen LogP contribution in [0.1, 0.15) is 15.9 Å². The third-order valence-corrected chi connectivity index (χ3v) is 5.76. The van der Waals surface area contributed by atoms with Gasteiger partial charge < -0.3 is 24.4 Å². The number of carbonyl (C=O) groups is 1. The van der Waals surface area contributed by atoms with Crippen molar-refractivity contribution in [2.45, 2.75) is 6.92 Å². The van der Waals surface area contributed by atoms with Crippen LogP contribution in [-0.2, 0) is 4.74 Å². The van der Waals surface area contributed by atoms with Crippen LogP contribution < -0.4 is 15.8 Å². The first-order chi connectivity index (χ1) is 15.6. The van der Waals surface area contributed by atoms with E-state index in [2.05, 4.69) is 15.2 Å². The van der Waals surface area contributed by atoms with Gasteiger partial charge in [-0.2, -0.15) is 0 Å². The van der Waals surface area contributed by atoms with E-state index in [9.17, 15) is 9.59 Å². The van der Waals surface area contributed by atoms with Crippen LogP contribution in [0.2, 0.25) is 0 Å². The molecule has 2 aromatic carbocycles. The van der Waals surface area contributed by atoms with Crippen LogP contribution in [0.3, 0.4) is 0 Å². The zero-order valence-electron chi connectivity index (χ0n) is 17.7. The zero-order valence-corrected chi connectivity index (χ0v) is 17.7. The van der Waals surface area contributed by atoms with Gasteiger partial charge in [0.1, 0.15) is 0 Å². The van der Waals surface area contributed by atoms with Crippen molar-refractivity contribution in [3.63, 3.8) is 0 Å². The predicted molar refractivity (Wildman–Crippen MR) is 124 cm³/mol. The van der Waals surface area contributed by atoms with Crippen LogP contribution in [0.4, 0.5) is 11.4 Å². The summed E-state index contributed by atoms with van der Waals surface area (Å²) in [7, 11) is 0. The number of benzene rings is 2. The number of aryl methyl sites for hydroxylation is 1.